The van der Waals surface area contributed by atoms with Gasteiger partial charge >= 0.3 is 0 Å². The third-order valence-corrected chi connectivity index (χ3v) is 5.10. The van der Waals surface area contributed by atoms with Crippen molar-refractivity contribution in [1.29, 1.82) is 0 Å². The Labute approximate surface area is 132 Å². The monoisotopic (exact) mass is 346 g/mol. The molecule has 0 aliphatic rings. The molecule has 0 atom stereocenters. The van der Waals surface area contributed by atoms with Crippen molar-refractivity contribution in [1.82, 2.24) is 19.3 Å². The molecular weight excluding hydrogens is 328 g/mol. The van der Waals surface area contributed by atoms with Crippen molar-refractivity contribution >= 4 is 26.8 Å². The van der Waals surface area contributed by atoms with Crippen LogP contribution in [0.15, 0.2) is 17.0 Å². The van der Waals surface area contributed by atoms with E-state index in [1.807, 2.05) is 7.05 Å². The van der Waals surface area contributed by atoms with Gasteiger partial charge in [0.15, 0.2) is 5.82 Å². The fourth-order valence-corrected chi connectivity index (χ4v) is 3.43. The molecule has 0 radical (unpaired) electrons. The summed E-state index contributed by atoms with van der Waals surface area (Å²) < 4.78 is 5.06. The van der Waals surface area contributed by atoms with Crippen LogP contribution in [0.4, 0.5) is 0 Å². The minimum absolute atomic E-state index is 0.674. The average molecular weight is 347 g/mol. The van der Waals surface area contributed by atoms with Crippen molar-refractivity contribution in [3.63, 3.8) is 0 Å². The van der Waals surface area contributed by atoms with E-state index < -0.39 is 0 Å². The second-order valence-corrected chi connectivity index (χ2v) is 6.46. The molecule has 0 spiro atoms. The van der Waals surface area contributed by atoms with Gasteiger partial charge in [0, 0.05) is 12.4 Å². The summed E-state index contributed by atoms with van der Waals surface area (Å²) >= 11 is 3.69. The number of rotatable bonds is 2. The molecule has 0 aliphatic carbocycles. The smallest absolute Gasteiger partial charge is 0.170 e. The predicted octanol–water partition coefficient (Wildman–Crippen LogP) is 3.81. The molecule has 4 nitrogen and oxygen atoms in total. The van der Waals surface area contributed by atoms with Crippen LogP contribution in [-0.2, 0) is 13.6 Å². The van der Waals surface area contributed by atoms with Gasteiger partial charge in [-0.25, -0.2) is 4.98 Å². The first kappa shape index (κ1) is 14.3. The molecule has 110 valence electrons. The van der Waals surface area contributed by atoms with Gasteiger partial charge in [0.05, 0.1) is 16.7 Å². The van der Waals surface area contributed by atoms with Crippen LogP contribution >= 0.6 is 15.9 Å². The molecule has 21 heavy (non-hydrogen) atoms. The lowest BCUT2D eigenvalue weighted by Gasteiger charge is -2.14. The zero-order valence-corrected chi connectivity index (χ0v) is 14.6. The van der Waals surface area contributed by atoms with Crippen molar-refractivity contribution in [2.24, 2.45) is 7.05 Å². The van der Waals surface area contributed by atoms with Gasteiger partial charge < -0.3 is 4.57 Å². The third-order valence-electron chi connectivity index (χ3n) is 4.44. The summed E-state index contributed by atoms with van der Waals surface area (Å²) in [5.74, 6) is 0.825. The number of halogens is 1. The van der Waals surface area contributed by atoms with E-state index in [-0.39, 0.29) is 0 Å². The van der Waals surface area contributed by atoms with Gasteiger partial charge in [-0.05, 0) is 71.9 Å². The van der Waals surface area contributed by atoms with Gasteiger partial charge in [-0.15, -0.1) is 0 Å². The van der Waals surface area contributed by atoms with Gasteiger partial charge in [0.25, 0.3) is 0 Å². The molecule has 0 saturated heterocycles. The quantitative estimate of drug-likeness (QED) is 0.707. The molecule has 2 aromatic heterocycles. The second kappa shape index (κ2) is 4.98. The predicted molar refractivity (Wildman–Crippen MR) is 88.7 cm³/mol. The Morgan fingerprint density at radius 1 is 1.05 bits per heavy atom. The number of aryl methyl sites for hydroxylation is 3. The number of fused-ring (bicyclic) bond motifs is 1. The van der Waals surface area contributed by atoms with Crippen LogP contribution in [-0.4, -0.2) is 19.3 Å². The highest BCUT2D eigenvalue weighted by Gasteiger charge is 2.16. The summed E-state index contributed by atoms with van der Waals surface area (Å²) in [6.07, 6.45) is 1.74. The highest BCUT2D eigenvalue weighted by molar-refractivity contribution is 9.10. The van der Waals surface area contributed by atoms with E-state index in [1.54, 1.807) is 11.0 Å². The van der Waals surface area contributed by atoms with Crippen LogP contribution in [0.1, 0.15) is 28.1 Å². The van der Waals surface area contributed by atoms with Crippen molar-refractivity contribution in [3.8, 4) is 0 Å². The van der Waals surface area contributed by atoms with E-state index in [4.69, 9.17) is 0 Å². The number of hydrogen-bond donors (Lipinski definition) is 0. The molecule has 0 saturated carbocycles. The zero-order valence-electron chi connectivity index (χ0n) is 13.0. The Balaban J connectivity index is 2.25. The number of aromatic nitrogens is 4. The Morgan fingerprint density at radius 2 is 1.71 bits per heavy atom. The molecule has 0 bridgehead atoms. The molecule has 0 N–H and O–H groups in total. The molecule has 0 amide bonds. The van der Waals surface area contributed by atoms with E-state index >= 15 is 0 Å². The normalized spacial score (nSPS) is 11.5. The minimum Gasteiger partial charge on any atom is -0.327 e. The number of nitrogens with zero attached hydrogens (tertiary/aromatic N) is 4. The SMILES string of the molecule is Cc1c(C)c(C)c2c(cc(Br)n2Cc2ncn(C)n2)c1C. The van der Waals surface area contributed by atoms with Gasteiger partial charge in [-0.1, -0.05) is 0 Å². The van der Waals surface area contributed by atoms with Crippen LogP contribution < -0.4 is 0 Å². The minimum atomic E-state index is 0.674. The summed E-state index contributed by atoms with van der Waals surface area (Å²) in [5, 5.41) is 5.69. The maximum atomic E-state index is 4.39. The van der Waals surface area contributed by atoms with Crippen molar-refractivity contribution in [2.45, 2.75) is 34.2 Å². The number of hydrogen-bond acceptors (Lipinski definition) is 2. The second-order valence-electron chi connectivity index (χ2n) is 5.65. The lowest BCUT2D eigenvalue weighted by atomic mass is 9.96. The molecule has 2 heterocycles. The summed E-state index contributed by atoms with van der Waals surface area (Å²) in [4.78, 5) is 4.34. The average Bonchev–Trinajstić information content (AvgIpc) is 2.99. The molecular formula is C16H19BrN4. The van der Waals surface area contributed by atoms with Gasteiger partial charge in [-0.3, -0.25) is 4.68 Å². The maximum Gasteiger partial charge on any atom is 0.170 e. The van der Waals surface area contributed by atoms with Crippen LogP contribution in [0.2, 0.25) is 0 Å². The molecule has 0 fully saturated rings. The van der Waals surface area contributed by atoms with Gasteiger partial charge in [-0.2, -0.15) is 5.10 Å². The first-order valence-corrected chi connectivity index (χ1v) is 7.79. The fourth-order valence-electron chi connectivity index (χ4n) is 2.90. The molecule has 0 aliphatic heterocycles. The Hall–Kier alpha value is -1.62. The maximum absolute atomic E-state index is 4.39. The van der Waals surface area contributed by atoms with Crippen LogP contribution in [0.5, 0.6) is 0 Å². The lowest BCUT2D eigenvalue weighted by molar-refractivity contribution is 0.707. The Morgan fingerprint density at radius 3 is 2.33 bits per heavy atom. The van der Waals surface area contributed by atoms with Crippen LogP contribution in [0, 0.1) is 27.7 Å². The van der Waals surface area contributed by atoms with E-state index in [2.05, 4.69) is 64.3 Å². The van der Waals surface area contributed by atoms with E-state index in [0.717, 1.165) is 10.4 Å². The standard InChI is InChI=1S/C16H19BrN4/c1-9-10(2)12(4)16-13(11(9)3)6-14(17)21(16)7-15-18-8-20(5)19-15/h6,8H,7H2,1-5H3. The first-order chi connectivity index (χ1) is 9.90. The molecule has 0 unspecified atom stereocenters. The van der Waals surface area contributed by atoms with Crippen LogP contribution in [0.3, 0.4) is 0 Å². The number of benzene rings is 1. The van der Waals surface area contributed by atoms with E-state index in [1.165, 1.54) is 33.2 Å². The highest BCUT2D eigenvalue weighted by Crippen LogP contribution is 2.33. The lowest BCUT2D eigenvalue weighted by Crippen LogP contribution is -2.05. The summed E-state index contributed by atoms with van der Waals surface area (Å²) in [5.41, 5.74) is 6.69. The Kier molecular flexibility index (Phi) is 3.40. The molecule has 3 rings (SSSR count). The fraction of sp³-hybridized carbons (Fsp3) is 0.375. The van der Waals surface area contributed by atoms with E-state index in [9.17, 15) is 0 Å². The Bertz CT molecular complexity index is 842. The molecule has 5 heteroatoms. The molecule has 3 aromatic rings. The molecule has 1 aromatic carbocycles. The summed E-state index contributed by atoms with van der Waals surface area (Å²) in [7, 11) is 1.89. The largest absolute Gasteiger partial charge is 0.327 e. The third kappa shape index (κ3) is 2.20. The summed E-state index contributed by atoms with van der Waals surface area (Å²) in [6, 6.07) is 2.20. The van der Waals surface area contributed by atoms with Crippen molar-refractivity contribution in [2.75, 3.05) is 0 Å². The zero-order chi connectivity index (χ0) is 15.3. The van der Waals surface area contributed by atoms with Crippen LogP contribution in [0.25, 0.3) is 10.9 Å². The van der Waals surface area contributed by atoms with Crippen molar-refractivity contribution < 1.29 is 0 Å². The van der Waals surface area contributed by atoms with E-state index in [0.29, 0.717) is 6.54 Å². The first-order valence-electron chi connectivity index (χ1n) is 6.99. The van der Waals surface area contributed by atoms with Crippen molar-refractivity contribution in [3.05, 3.63) is 45.1 Å². The van der Waals surface area contributed by atoms with Gasteiger partial charge in [0.2, 0.25) is 0 Å². The topological polar surface area (TPSA) is 35.6 Å². The highest BCUT2D eigenvalue weighted by atomic mass is 79.9. The van der Waals surface area contributed by atoms with Gasteiger partial charge in [0.1, 0.15) is 6.33 Å². The summed E-state index contributed by atoms with van der Waals surface area (Å²) in [6.45, 7) is 9.45.